The molecule has 0 aliphatic carbocycles. The number of furan rings is 1. The first-order valence-electron chi connectivity index (χ1n) is 12.2. The van der Waals surface area contributed by atoms with E-state index < -0.39 is 23.5 Å². The fourth-order valence-electron chi connectivity index (χ4n) is 4.52. The van der Waals surface area contributed by atoms with Crippen molar-refractivity contribution in [2.24, 2.45) is 5.92 Å². The zero-order valence-electron chi connectivity index (χ0n) is 21.2. The number of aromatic hydroxyl groups is 1. The summed E-state index contributed by atoms with van der Waals surface area (Å²) in [5, 5.41) is 21.8. The minimum atomic E-state index is -1.01. The summed E-state index contributed by atoms with van der Waals surface area (Å²) in [6, 6.07) is 18.9. The maximum atomic E-state index is 13.8. The lowest BCUT2D eigenvalue weighted by atomic mass is 9.94. The number of phenolic OH excluding ortho intramolecular Hbond substituents is 1. The molecule has 5 rings (SSSR count). The lowest BCUT2D eigenvalue weighted by Crippen LogP contribution is -2.31. The number of fused-ring (bicyclic) bond motifs is 1. The summed E-state index contributed by atoms with van der Waals surface area (Å²) >= 11 is 0. The number of phenols is 1. The number of amides is 1. The first-order valence-corrected chi connectivity index (χ1v) is 12.2. The van der Waals surface area contributed by atoms with E-state index in [1.54, 1.807) is 60.7 Å². The van der Waals surface area contributed by atoms with Crippen molar-refractivity contribution in [1.82, 2.24) is 0 Å². The lowest BCUT2D eigenvalue weighted by Gasteiger charge is -2.27. The van der Waals surface area contributed by atoms with Crippen LogP contribution in [0.2, 0.25) is 0 Å². The molecule has 8 nitrogen and oxygen atoms in total. The van der Waals surface area contributed by atoms with Gasteiger partial charge in [0.05, 0.1) is 25.3 Å². The van der Waals surface area contributed by atoms with Crippen molar-refractivity contribution >= 4 is 28.3 Å². The van der Waals surface area contributed by atoms with E-state index in [0.29, 0.717) is 46.2 Å². The highest BCUT2D eigenvalue weighted by atomic mass is 16.5. The molecule has 2 N–H and O–H groups in total. The molecule has 0 radical (unpaired) electrons. The van der Waals surface area contributed by atoms with Crippen LogP contribution >= 0.6 is 0 Å². The maximum Gasteiger partial charge on any atom is 0.294 e. The minimum Gasteiger partial charge on any atom is -0.508 e. The van der Waals surface area contributed by atoms with Crippen LogP contribution in [0.3, 0.4) is 0 Å². The number of aliphatic hydroxyl groups is 1. The number of rotatable bonds is 8. The topological polar surface area (TPSA) is 109 Å². The van der Waals surface area contributed by atoms with Gasteiger partial charge in [0.15, 0.2) is 22.9 Å². The van der Waals surface area contributed by atoms with Crippen LogP contribution in [0.4, 0.5) is 5.69 Å². The Morgan fingerprint density at radius 2 is 1.76 bits per heavy atom. The van der Waals surface area contributed by atoms with Crippen molar-refractivity contribution in [2.75, 3.05) is 18.6 Å². The third kappa shape index (κ3) is 4.45. The molecule has 0 spiro atoms. The van der Waals surface area contributed by atoms with E-state index in [2.05, 4.69) is 0 Å². The molecule has 194 valence electrons. The first-order chi connectivity index (χ1) is 18.3. The number of hydrogen-bond acceptors (Lipinski definition) is 7. The first kappa shape index (κ1) is 25.0. The molecule has 1 aromatic heterocycles. The molecule has 8 heteroatoms. The molecule has 1 unspecified atom stereocenters. The molecule has 1 aliphatic rings. The van der Waals surface area contributed by atoms with Crippen molar-refractivity contribution in [3.05, 3.63) is 95.5 Å². The Morgan fingerprint density at radius 1 is 1.03 bits per heavy atom. The average Bonchev–Trinajstić information content (AvgIpc) is 3.46. The molecule has 3 aromatic carbocycles. The van der Waals surface area contributed by atoms with E-state index in [0.717, 1.165) is 0 Å². The molecule has 0 saturated heterocycles. The fourth-order valence-corrected chi connectivity index (χ4v) is 4.52. The third-order valence-electron chi connectivity index (χ3n) is 6.29. The summed E-state index contributed by atoms with van der Waals surface area (Å²) in [6.07, 6.45) is 0. The zero-order chi connectivity index (χ0) is 27.0. The number of Topliss-reactive ketones (excluding diaryl/α,β-unsaturated/α-hetero) is 1. The summed E-state index contributed by atoms with van der Waals surface area (Å²) in [7, 11) is 1.50. The Bertz CT molecular complexity index is 1550. The molecule has 1 atom stereocenters. The molecule has 1 amide bonds. The van der Waals surface area contributed by atoms with Crippen molar-refractivity contribution in [3.8, 4) is 17.2 Å². The van der Waals surface area contributed by atoms with Crippen LogP contribution < -0.4 is 14.4 Å². The number of ether oxygens (including phenoxy) is 2. The summed E-state index contributed by atoms with van der Waals surface area (Å²) in [4.78, 5) is 28.5. The Hall–Kier alpha value is -4.72. The van der Waals surface area contributed by atoms with Gasteiger partial charge in [-0.3, -0.25) is 14.5 Å². The van der Waals surface area contributed by atoms with Gasteiger partial charge in [0.25, 0.3) is 5.91 Å². The van der Waals surface area contributed by atoms with Gasteiger partial charge in [-0.2, -0.15) is 0 Å². The van der Waals surface area contributed by atoms with Gasteiger partial charge in [-0.25, -0.2) is 0 Å². The van der Waals surface area contributed by atoms with E-state index in [1.807, 2.05) is 13.8 Å². The summed E-state index contributed by atoms with van der Waals surface area (Å²) in [5.74, 6) is -0.745. The van der Waals surface area contributed by atoms with E-state index in [9.17, 15) is 19.8 Å². The van der Waals surface area contributed by atoms with Crippen molar-refractivity contribution in [1.29, 1.82) is 0 Å². The zero-order valence-corrected chi connectivity index (χ0v) is 21.2. The number of methoxy groups -OCH3 is 1. The molecule has 2 heterocycles. The van der Waals surface area contributed by atoms with Gasteiger partial charge < -0.3 is 24.1 Å². The van der Waals surface area contributed by atoms with Gasteiger partial charge in [0, 0.05) is 11.1 Å². The quantitative estimate of drug-likeness (QED) is 0.280. The Morgan fingerprint density at radius 3 is 2.45 bits per heavy atom. The number of carbonyl (C=O) groups excluding carboxylic acids is 2. The molecule has 0 saturated carbocycles. The number of ketones is 1. The van der Waals surface area contributed by atoms with Crippen LogP contribution in [-0.4, -0.2) is 35.6 Å². The van der Waals surface area contributed by atoms with Crippen molar-refractivity contribution < 1.29 is 33.7 Å². The normalized spacial score (nSPS) is 15.5. The van der Waals surface area contributed by atoms with Crippen LogP contribution in [0.15, 0.2) is 88.5 Å². The van der Waals surface area contributed by atoms with Gasteiger partial charge in [0.2, 0.25) is 5.78 Å². The number of anilines is 1. The molecule has 0 fully saturated rings. The fraction of sp³-hybridized carbons (Fsp3) is 0.200. The summed E-state index contributed by atoms with van der Waals surface area (Å²) < 4.78 is 16.9. The molecule has 0 bridgehead atoms. The van der Waals surface area contributed by atoms with Gasteiger partial charge >= 0.3 is 0 Å². The highest BCUT2D eigenvalue weighted by Crippen LogP contribution is 2.43. The van der Waals surface area contributed by atoms with Crippen LogP contribution in [0.25, 0.3) is 11.0 Å². The Kier molecular flexibility index (Phi) is 6.55. The largest absolute Gasteiger partial charge is 0.508 e. The standard InChI is InChI=1S/C30H27NO7/c1-17(2)16-37-22-12-10-20(11-13-22)31-26(18-6-4-8-21(32)14-18)25(28(34)30(31)35)27(33)24-15-19-7-5-9-23(36-3)29(19)38-24/h4-15,17,26,32,34H,16H2,1-3H3. The molecular formula is C30H27NO7. The van der Waals surface area contributed by atoms with E-state index in [-0.39, 0.29) is 17.1 Å². The number of hydrogen-bond donors (Lipinski definition) is 2. The number of benzene rings is 3. The minimum absolute atomic E-state index is 0.0426. The molecule has 38 heavy (non-hydrogen) atoms. The second-order valence-corrected chi connectivity index (χ2v) is 9.45. The predicted molar refractivity (Wildman–Crippen MR) is 142 cm³/mol. The Balaban J connectivity index is 1.58. The highest BCUT2D eigenvalue weighted by molar-refractivity contribution is 6.20. The van der Waals surface area contributed by atoms with Gasteiger partial charge in [0.1, 0.15) is 11.5 Å². The second-order valence-electron chi connectivity index (χ2n) is 9.45. The number of para-hydroxylation sites is 1. The maximum absolute atomic E-state index is 13.8. The van der Waals surface area contributed by atoms with Crippen molar-refractivity contribution in [2.45, 2.75) is 19.9 Å². The van der Waals surface area contributed by atoms with Gasteiger partial charge in [-0.05, 0) is 60.0 Å². The van der Waals surface area contributed by atoms with Crippen LogP contribution in [0.1, 0.15) is 36.0 Å². The smallest absolute Gasteiger partial charge is 0.294 e. The van der Waals surface area contributed by atoms with Gasteiger partial charge in [-0.15, -0.1) is 0 Å². The third-order valence-corrected chi connectivity index (χ3v) is 6.29. The number of nitrogens with zero attached hydrogens (tertiary/aromatic N) is 1. The molecule has 1 aliphatic heterocycles. The van der Waals surface area contributed by atoms with Crippen LogP contribution in [0, 0.1) is 5.92 Å². The average molecular weight is 514 g/mol. The van der Waals surface area contributed by atoms with Crippen LogP contribution in [0.5, 0.6) is 17.2 Å². The molecule has 4 aromatic rings. The number of aliphatic hydroxyl groups excluding tert-OH is 1. The van der Waals surface area contributed by atoms with Crippen molar-refractivity contribution in [3.63, 3.8) is 0 Å². The summed E-state index contributed by atoms with van der Waals surface area (Å²) in [5.41, 5.74) is 1.12. The lowest BCUT2D eigenvalue weighted by molar-refractivity contribution is -0.117. The van der Waals surface area contributed by atoms with E-state index in [4.69, 9.17) is 13.9 Å². The van der Waals surface area contributed by atoms with Gasteiger partial charge in [-0.1, -0.05) is 38.1 Å². The predicted octanol–water partition coefficient (Wildman–Crippen LogP) is 5.96. The number of carbonyl (C=O) groups is 2. The Labute approximate surface area is 219 Å². The van der Waals surface area contributed by atoms with E-state index in [1.165, 1.54) is 24.1 Å². The second kappa shape index (κ2) is 9.97. The van der Waals surface area contributed by atoms with E-state index >= 15 is 0 Å². The SMILES string of the molecule is COc1cccc2cc(C(=O)C3=C(O)C(=O)N(c4ccc(OCC(C)C)cc4)C3c3cccc(O)c3)oc12. The molecular weight excluding hydrogens is 486 g/mol. The summed E-state index contributed by atoms with van der Waals surface area (Å²) in [6.45, 7) is 4.63. The van der Waals surface area contributed by atoms with Crippen LogP contribution in [-0.2, 0) is 4.79 Å². The highest BCUT2D eigenvalue weighted by Gasteiger charge is 2.45. The monoisotopic (exact) mass is 513 g/mol.